The number of hydrogen-bond acceptors (Lipinski definition) is 3. The number of carbonyl (C=O) groups excluding carboxylic acids is 2. The van der Waals surface area contributed by atoms with Gasteiger partial charge in [0.25, 0.3) is 0 Å². The van der Waals surface area contributed by atoms with Crippen molar-refractivity contribution in [3.8, 4) is 0 Å². The Bertz CT molecular complexity index is 932. The Balaban J connectivity index is 1.88. The molecule has 3 aromatic rings. The summed E-state index contributed by atoms with van der Waals surface area (Å²) in [5, 5.41) is 3.78. The van der Waals surface area contributed by atoms with Crippen LogP contribution in [0.25, 0.3) is 10.9 Å². The lowest BCUT2D eigenvalue weighted by molar-refractivity contribution is -0.120. The standard InChI is InChI=1S/C20H19N3O2/c1-14-7-3-4-10-17(14)22-19(25)13-23(15(2)24)18-11-5-8-16-9-6-12-21-20(16)18/h3-12H,13H2,1-2H3,(H,22,25). The number of rotatable bonds is 4. The summed E-state index contributed by atoms with van der Waals surface area (Å²) >= 11 is 0. The molecule has 1 N–H and O–H groups in total. The molecule has 0 aliphatic heterocycles. The first kappa shape index (κ1) is 16.6. The van der Waals surface area contributed by atoms with E-state index in [1.54, 1.807) is 12.3 Å². The maximum atomic E-state index is 12.5. The summed E-state index contributed by atoms with van der Waals surface area (Å²) < 4.78 is 0. The lowest BCUT2D eigenvalue weighted by Crippen LogP contribution is -2.37. The number of nitrogens with zero attached hydrogens (tertiary/aromatic N) is 2. The number of benzene rings is 2. The molecule has 0 atom stereocenters. The van der Waals surface area contributed by atoms with Crippen molar-refractivity contribution in [3.63, 3.8) is 0 Å². The Morgan fingerprint density at radius 2 is 1.80 bits per heavy atom. The number of aryl methyl sites for hydroxylation is 1. The molecule has 5 heteroatoms. The molecule has 0 fully saturated rings. The maximum absolute atomic E-state index is 12.5. The number of pyridine rings is 1. The molecule has 0 radical (unpaired) electrons. The van der Waals surface area contributed by atoms with E-state index < -0.39 is 0 Å². The number of anilines is 2. The van der Waals surface area contributed by atoms with Crippen molar-refractivity contribution in [1.29, 1.82) is 0 Å². The summed E-state index contributed by atoms with van der Waals surface area (Å²) in [6.07, 6.45) is 1.68. The van der Waals surface area contributed by atoms with Gasteiger partial charge in [-0.15, -0.1) is 0 Å². The van der Waals surface area contributed by atoms with Gasteiger partial charge in [0.05, 0.1) is 11.2 Å². The molecule has 0 spiro atoms. The van der Waals surface area contributed by atoms with Crippen LogP contribution in [0, 0.1) is 6.92 Å². The number of fused-ring (bicyclic) bond motifs is 1. The van der Waals surface area contributed by atoms with Crippen LogP contribution in [0.3, 0.4) is 0 Å². The number of nitrogens with one attached hydrogen (secondary N) is 1. The zero-order chi connectivity index (χ0) is 17.8. The molecule has 2 amide bonds. The van der Waals surface area contributed by atoms with Gasteiger partial charge in [0, 0.05) is 24.2 Å². The van der Waals surface area contributed by atoms with Gasteiger partial charge >= 0.3 is 0 Å². The Kier molecular flexibility index (Phi) is 4.75. The molecule has 2 aromatic carbocycles. The minimum absolute atomic E-state index is 0.0701. The van der Waals surface area contributed by atoms with Crippen LogP contribution in [0.15, 0.2) is 60.8 Å². The van der Waals surface area contributed by atoms with Gasteiger partial charge in [0.1, 0.15) is 6.54 Å². The Morgan fingerprint density at radius 1 is 1.04 bits per heavy atom. The highest BCUT2D eigenvalue weighted by Gasteiger charge is 2.19. The van der Waals surface area contributed by atoms with Gasteiger partial charge in [0.2, 0.25) is 11.8 Å². The molecule has 3 rings (SSSR count). The number of aromatic nitrogens is 1. The largest absolute Gasteiger partial charge is 0.324 e. The molecule has 25 heavy (non-hydrogen) atoms. The van der Waals surface area contributed by atoms with E-state index in [0.29, 0.717) is 11.2 Å². The summed E-state index contributed by atoms with van der Waals surface area (Å²) in [6.45, 7) is 3.30. The van der Waals surface area contributed by atoms with E-state index >= 15 is 0 Å². The molecule has 1 aromatic heterocycles. The fraction of sp³-hybridized carbons (Fsp3) is 0.150. The normalized spacial score (nSPS) is 10.5. The second-order valence-electron chi connectivity index (χ2n) is 5.82. The zero-order valence-corrected chi connectivity index (χ0v) is 14.2. The third-order valence-corrected chi connectivity index (χ3v) is 4.00. The van der Waals surface area contributed by atoms with E-state index in [9.17, 15) is 9.59 Å². The zero-order valence-electron chi connectivity index (χ0n) is 14.2. The van der Waals surface area contributed by atoms with Crippen molar-refractivity contribution < 1.29 is 9.59 Å². The molecule has 5 nitrogen and oxygen atoms in total. The van der Waals surface area contributed by atoms with E-state index in [-0.39, 0.29) is 18.4 Å². The van der Waals surface area contributed by atoms with Crippen LogP contribution in [0.5, 0.6) is 0 Å². The number of amides is 2. The topological polar surface area (TPSA) is 62.3 Å². The predicted molar refractivity (Wildman–Crippen MR) is 99.6 cm³/mol. The molecular formula is C20H19N3O2. The molecule has 0 saturated heterocycles. The van der Waals surface area contributed by atoms with Gasteiger partial charge in [-0.3, -0.25) is 14.6 Å². The lowest BCUT2D eigenvalue weighted by Gasteiger charge is -2.22. The molecule has 0 bridgehead atoms. The Hall–Kier alpha value is -3.21. The van der Waals surface area contributed by atoms with Crippen LogP contribution in [-0.4, -0.2) is 23.3 Å². The molecule has 0 aliphatic carbocycles. The van der Waals surface area contributed by atoms with E-state index in [0.717, 1.165) is 16.6 Å². The second kappa shape index (κ2) is 7.13. The Morgan fingerprint density at radius 3 is 2.56 bits per heavy atom. The minimum atomic E-state index is -0.252. The van der Waals surface area contributed by atoms with Crippen molar-refractivity contribution in [3.05, 3.63) is 66.4 Å². The van der Waals surface area contributed by atoms with Crippen molar-refractivity contribution in [2.24, 2.45) is 0 Å². The van der Waals surface area contributed by atoms with Crippen molar-refractivity contribution in [1.82, 2.24) is 4.98 Å². The molecular weight excluding hydrogens is 314 g/mol. The van der Waals surface area contributed by atoms with E-state index in [1.807, 2.05) is 55.5 Å². The van der Waals surface area contributed by atoms with Gasteiger partial charge in [-0.05, 0) is 30.7 Å². The summed E-state index contributed by atoms with van der Waals surface area (Å²) in [5.41, 5.74) is 3.04. The third-order valence-electron chi connectivity index (χ3n) is 4.00. The van der Waals surface area contributed by atoms with E-state index in [1.165, 1.54) is 11.8 Å². The first-order chi connectivity index (χ1) is 12.1. The average Bonchev–Trinajstić information content (AvgIpc) is 2.61. The van der Waals surface area contributed by atoms with Crippen LogP contribution in [-0.2, 0) is 9.59 Å². The van der Waals surface area contributed by atoms with E-state index in [4.69, 9.17) is 0 Å². The fourth-order valence-electron chi connectivity index (χ4n) is 2.72. The van der Waals surface area contributed by atoms with Gasteiger partial charge < -0.3 is 10.2 Å². The highest BCUT2D eigenvalue weighted by atomic mass is 16.2. The van der Waals surface area contributed by atoms with Crippen LogP contribution in [0.2, 0.25) is 0 Å². The van der Waals surface area contributed by atoms with Crippen LogP contribution < -0.4 is 10.2 Å². The molecule has 0 saturated carbocycles. The Labute approximate surface area is 146 Å². The van der Waals surface area contributed by atoms with Crippen molar-refractivity contribution >= 4 is 34.1 Å². The summed E-state index contributed by atoms with van der Waals surface area (Å²) in [7, 11) is 0. The summed E-state index contributed by atoms with van der Waals surface area (Å²) in [5.74, 6) is -0.462. The van der Waals surface area contributed by atoms with Gasteiger partial charge in [-0.2, -0.15) is 0 Å². The van der Waals surface area contributed by atoms with Gasteiger partial charge in [-0.25, -0.2) is 0 Å². The quantitative estimate of drug-likeness (QED) is 0.794. The minimum Gasteiger partial charge on any atom is -0.324 e. The van der Waals surface area contributed by atoms with Crippen molar-refractivity contribution in [2.75, 3.05) is 16.8 Å². The average molecular weight is 333 g/mol. The molecule has 0 aliphatic rings. The van der Waals surface area contributed by atoms with E-state index in [2.05, 4.69) is 10.3 Å². The molecule has 126 valence electrons. The van der Waals surface area contributed by atoms with Crippen LogP contribution in [0.1, 0.15) is 12.5 Å². The number of hydrogen-bond donors (Lipinski definition) is 1. The number of carbonyl (C=O) groups is 2. The SMILES string of the molecule is CC(=O)N(CC(=O)Nc1ccccc1C)c1cccc2cccnc12. The molecule has 0 unspecified atom stereocenters. The van der Waals surface area contributed by atoms with Gasteiger partial charge in [-0.1, -0.05) is 36.4 Å². The summed E-state index contributed by atoms with van der Waals surface area (Å²) in [4.78, 5) is 30.4. The monoisotopic (exact) mass is 333 g/mol. The van der Waals surface area contributed by atoms with Crippen LogP contribution >= 0.6 is 0 Å². The predicted octanol–water partition coefficient (Wildman–Crippen LogP) is 3.53. The van der Waals surface area contributed by atoms with Gasteiger partial charge in [0.15, 0.2) is 0 Å². The van der Waals surface area contributed by atoms with Crippen molar-refractivity contribution in [2.45, 2.75) is 13.8 Å². The second-order valence-corrected chi connectivity index (χ2v) is 5.82. The smallest absolute Gasteiger partial charge is 0.244 e. The number of para-hydroxylation sites is 2. The first-order valence-electron chi connectivity index (χ1n) is 8.03. The lowest BCUT2D eigenvalue weighted by atomic mass is 10.1. The molecule has 1 heterocycles. The summed E-state index contributed by atoms with van der Waals surface area (Å²) in [6, 6.07) is 16.9. The first-order valence-corrected chi connectivity index (χ1v) is 8.03. The maximum Gasteiger partial charge on any atom is 0.244 e. The third kappa shape index (κ3) is 3.66. The van der Waals surface area contributed by atoms with Crippen LogP contribution in [0.4, 0.5) is 11.4 Å². The fourth-order valence-corrected chi connectivity index (χ4v) is 2.72. The highest BCUT2D eigenvalue weighted by molar-refractivity contribution is 6.06. The highest BCUT2D eigenvalue weighted by Crippen LogP contribution is 2.25.